The van der Waals surface area contributed by atoms with Crippen LogP contribution in [0.3, 0.4) is 0 Å². The van der Waals surface area contributed by atoms with Crippen LogP contribution in [-0.4, -0.2) is 25.6 Å². The van der Waals surface area contributed by atoms with Gasteiger partial charge in [0.1, 0.15) is 17.2 Å². The van der Waals surface area contributed by atoms with Gasteiger partial charge in [-0.3, -0.25) is 4.79 Å². The summed E-state index contributed by atoms with van der Waals surface area (Å²) in [6, 6.07) is 12.1. The van der Waals surface area contributed by atoms with Gasteiger partial charge in [0.25, 0.3) is 0 Å². The smallest absolute Gasteiger partial charge is 0.160 e. The van der Waals surface area contributed by atoms with Gasteiger partial charge in [-0.25, -0.2) is 0 Å². The SMILES string of the molecule is O=CC1CCc2ccc(OCCCOc3ccc(C4CCCCC4)cc3Cl)cc2O1. The molecule has 1 saturated carbocycles. The number of benzene rings is 2. The quantitative estimate of drug-likeness (QED) is 0.375. The number of hydrogen-bond acceptors (Lipinski definition) is 4. The van der Waals surface area contributed by atoms with Crippen molar-refractivity contribution in [2.24, 2.45) is 0 Å². The number of ether oxygens (including phenoxy) is 3. The molecular formula is C25H29ClO4. The van der Waals surface area contributed by atoms with E-state index in [4.69, 9.17) is 25.8 Å². The molecule has 30 heavy (non-hydrogen) atoms. The molecule has 5 heteroatoms. The van der Waals surface area contributed by atoms with E-state index >= 15 is 0 Å². The molecule has 4 rings (SSSR count). The van der Waals surface area contributed by atoms with Crippen molar-refractivity contribution < 1.29 is 19.0 Å². The fraction of sp³-hybridized carbons (Fsp3) is 0.480. The fourth-order valence-corrected chi connectivity index (χ4v) is 4.56. The Morgan fingerprint density at radius 2 is 1.83 bits per heavy atom. The van der Waals surface area contributed by atoms with Crippen LogP contribution < -0.4 is 14.2 Å². The highest BCUT2D eigenvalue weighted by atomic mass is 35.5. The largest absolute Gasteiger partial charge is 0.493 e. The maximum absolute atomic E-state index is 11.0. The number of aldehydes is 1. The standard InChI is InChI=1S/C25H29ClO4/c26-23-15-20(18-5-2-1-3-6-18)9-12-24(23)29-14-4-13-28-21-10-7-19-8-11-22(17-27)30-25(19)16-21/h7,9-10,12,15-18,22H,1-6,8,11,13-14H2. The van der Waals surface area contributed by atoms with E-state index in [9.17, 15) is 4.79 Å². The summed E-state index contributed by atoms with van der Waals surface area (Å²) >= 11 is 6.45. The average Bonchev–Trinajstić information content (AvgIpc) is 2.79. The zero-order valence-corrected chi connectivity index (χ0v) is 18.0. The summed E-state index contributed by atoms with van der Waals surface area (Å²) in [6.45, 7) is 1.07. The molecule has 4 nitrogen and oxygen atoms in total. The lowest BCUT2D eigenvalue weighted by atomic mass is 9.84. The molecule has 2 aromatic carbocycles. The average molecular weight is 429 g/mol. The molecular weight excluding hydrogens is 400 g/mol. The molecule has 0 saturated heterocycles. The van der Waals surface area contributed by atoms with Gasteiger partial charge in [-0.1, -0.05) is 43.0 Å². The van der Waals surface area contributed by atoms with Crippen molar-refractivity contribution in [3.63, 3.8) is 0 Å². The summed E-state index contributed by atoms with van der Waals surface area (Å²) in [7, 11) is 0. The van der Waals surface area contributed by atoms with Gasteiger partial charge >= 0.3 is 0 Å². The molecule has 0 radical (unpaired) electrons. The van der Waals surface area contributed by atoms with Gasteiger partial charge in [-0.2, -0.15) is 0 Å². The molecule has 1 atom stereocenters. The minimum atomic E-state index is -0.351. The van der Waals surface area contributed by atoms with Crippen molar-refractivity contribution >= 4 is 17.9 Å². The summed E-state index contributed by atoms with van der Waals surface area (Å²) in [5, 5.41) is 0.690. The van der Waals surface area contributed by atoms with E-state index in [1.165, 1.54) is 37.7 Å². The number of carbonyl (C=O) groups is 1. The van der Waals surface area contributed by atoms with Crippen molar-refractivity contribution in [1.82, 2.24) is 0 Å². The van der Waals surface area contributed by atoms with Crippen LogP contribution >= 0.6 is 11.6 Å². The second kappa shape index (κ2) is 10.2. The maximum Gasteiger partial charge on any atom is 0.160 e. The Morgan fingerprint density at radius 3 is 2.63 bits per heavy atom. The second-order valence-electron chi connectivity index (χ2n) is 8.18. The lowest BCUT2D eigenvalue weighted by Gasteiger charge is -2.23. The Balaban J connectivity index is 1.22. The highest BCUT2D eigenvalue weighted by Gasteiger charge is 2.19. The molecule has 0 amide bonds. The Kier molecular flexibility index (Phi) is 7.16. The van der Waals surface area contributed by atoms with Gasteiger partial charge < -0.3 is 14.2 Å². The van der Waals surface area contributed by atoms with Crippen LogP contribution in [0.4, 0.5) is 0 Å². The van der Waals surface area contributed by atoms with Crippen LogP contribution in [0.25, 0.3) is 0 Å². The van der Waals surface area contributed by atoms with Crippen LogP contribution in [-0.2, 0) is 11.2 Å². The Hall–Kier alpha value is -2.20. The van der Waals surface area contributed by atoms with Crippen LogP contribution in [0.15, 0.2) is 36.4 Å². The number of hydrogen-bond donors (Lipinski definition) is 0. The van der Waals surface area contributed by atoms with Crippen LogP contribution in [0.5, 0.6) is 17.2 Å². The van der Waals surface area contributed by atoms with Crippen molar-refractivity contribution in [2.45, 2.75) is 63.4 Å². The third-order valence-corrected chi connectivity index (χ3v) is 6.31. The number of rotatable bonds is 8. The summed E-state index contributed by atoms with van der Waals surface area (Å²) in [4.78, 5) is 11.0. The van der Waals surface area contributed by atoms with E-state index in [0.717, 1.165) is 48.4 Å². The number of carbonyl (C=O) groups excluding carboxylic acids is 1. The lowest BCUT2D eigenvalue weighted by molar-refractivity contribution is -0.114. The van der Waals surface area contributed by atoms with E-state index in [1.807, 2.05) is 24.3 Å². The first-order valence-electron chi connectivity index (χ1n) is 11.0. The van der Waals surface area contributed by atoms with E-state index in [0.29, 0.717) is 24.2 Å². The molecule has 1 heterocycles. The predicted octanol–water partition coefficient (Wildman–Crippen LogP) is 6.13. The summed E-state index contributed by atoms with van der Waals surface area (Å²) in [5.41, 5.74) is 2.46. The molecule has 1 unspecified atom stereocenters. The van der Waals surface area contributed by atoms with Crippen LogP contribution in [0.1, 0.15) is 62.0 Å². The molecule has 0 aromatic heterocycles. The summed E-state index contributed by atoms with van der Waals surface area (Å²) in [6.07, 6.45) is 9.35. The Morgan fingerprint density at radius 1 is 1.00 bits per heavy atom. The van der Waals surface area contributed by atoms with E-state index < -0.39 is 0 Å². The normalized spacial score (nSPS) is 18.9. The predicted molar refractivity (Wildman–Crippen MR) is 118 cm³/mol. The molecule has 1 aliphatic heterocycles. The van der Waals surface area contributed by atoms with Gasteiger partial charge in [0.05, 0.1) is 18.2 Å². The van der Waals surface area contributed by atoms with Gasteiger partial charge in [-0.15, -0.1) is 0 Å². The number of halogens is 1. The summed E-state index contributed by atoms with van der Waals surface area (Å²) in [5.74, 6) is 2.87. The van der Waals surface area contributed by atoms with Crippen molar-refractivity contribution in [3.05, 3.63) is 52.5 Å². The second-order valence-corrected chi connectivity index (χ2v) is 8.58. The fourth-order valence-electron chi connectivity index (χ4n) is 4.31. The van der Waals surface area contributed by atoms with Crippen LogP contribution in [0, 0.1) is 0 Å². The molecule has 1 aliphatic carbocycles. The van der Waals surface area contributed by atoms with Crippen molar-refractivity contribution in [3.8, 4) is 17.2 Å². The van der Waals surface area contributed by atoms with Crippen molar-refractivity contribution in [2.75, 3.05) is 13.2 Å². The van der Waals surface area contributed by atoms with Gasteiger partial charge in [0.2, 0.25) is 0 Å². The van der Waals surface area contributed by atoms with Crippen LogP contribution in [0.2, 0.25) is 5.02 Å². The molecule has 1 fully saturated rings. The zero-order chi connectivity index (χ0) is 20.8. The zero-order valence-electron chi connectivity index (χ0n) is 17.3. The Labute approximate surface area is 183 Å². The maximum atomic E-state index is 11.0. The Bertz CT molecular complexity index is 860. The summed E-state index contributed by atoms with van der Waals surface area (Å²) < 4.78 is 17.4. The molecule has 2 aromatic rings. The number of fused-ring (bicyclic) bond motifs is 1. The number of aryl methyl sites for hydroxylation is 1. The first-order chi connectivity index (χ1) is 14.7. The van der Waals surface area contributed by atoms with E-state index in [2.05, 4.69) is 12.1 Å². The lowest BCUT2D eigenvalue weighted by Crippen LogP contribution is -2.23. The molecule has 160 valence electrons. The highest BCUT2D eigenvalue weighted by Crippen LogP contribution is 2.36. The minimum Gasteiger partial charge on any atom is -0.493 e. The molecule has 0 bridgehead atoms. The first kappa shape index (κ1) is 21.0. The first-order valence-corrected chi connectivity index (χ1v) is 11.4. The van der Waals surface area contributed by atoms with Gasteiger partial charge in [0.15, 0.2) is 12.4 Å². The molecule has 0 N–H and O–H groups in total. The highest BCUT2D eigenvalue weighted by molar-refractivity contribution is 6.32. The van der Waals surface area contributed by atoms with Crippen molar-refractivity contribution in [1.29, 1.82) is 0 Å². The topological polar surface area (TPSA) is 44.8 Å². The van der Waals surface area contributed by atoms with Gasteiger partial charge in [0, 0.05) is 12.5 Å². The monoisotopic (exact) mass is 428 g/mol. The van der Waals surface area contributed by atoms with E-state index in [-0.39, 0.29) is 6.10 Å². The van der Waals surface area contributed by atoms with E-state index in [1.54, 1.807) is 0 Å². The third kappa shape index (κ3) is 5.28. The molecule has 0 spiro atoms. The van der Waals surface area contributed by atoms with Gasteiger partial charge in [-0.05, 0) is 60.9 Å². The molecule has 2 aliphatic rings. The third-order valence-electron chi connectivity index (χ3n) is 6.01. The minimum absolute atomic E-state index is 0.351.